The summed E-state index contributed by atoms with van der Waals surface area (Å²) < 4.78 is 54.8. The minimum atomic E-state index is -4.21. The molecule has 0 saturated carbocycles. The lowest BCUT2D eigenvalue weighted by Gasteiger charge is -2.09. The zero-order valence-corrected chi connectivity index (χ0v) is 12.0. The van der Waals surface area contributed by atoms with Crippen LogP contribution in [0, 0.1) is 11.6 Å². The summed E-state index contributed by atoms with van der Waals surface area (Å²) in [5.74, 6) is -4.14. The van der Waals surface area contributed by atoms with Crippen LogP contribution in [0.2, 0.25) is 0 Å². The van der Waals surface area contributed by atoms with Gasteiger partial charge >= 0.3 is 0 Å². The fourth-order valence-electron chi connectivity index (χ4n) is 1.54. The summed E-state index contributed by atoms with van der Waals surface area (Å²) in [5, 5.41) is 0. The summed E-state index contributed by atoms with van der Waals surface area (Å²) in [6.07, 6.45) is 1.61. The van der Waals surface area contributed by atoms with Gasteiger partial charge in [-0.15, -0.1) is 0 Å². The van der Waals surface area contributed by atoms with Crippen molar-refractivity contribution < 1.29 is 31.5 Å². The van der Waals surface area contributed by atoms with Crippen molar-refractivity contribution in [1.29, 1.82) is 0 Å². The molecule has 0 aliphatic carbocycles. The molecule has 0 unspecified atom stereocenters. The molecule has 0 aliphatic rings. The van der Waals surface area contributed by atoms with E-state index in [-0.39, 0.29) is 12.9 Å². The standard InChI is InChI=1S/C13H12F2O5S/c1-3-20-7-8(6-16)12(17)9-4-5-10(14)11(15)13(9)21(2,18)19/h4-7H,3H2,1-2H3. The molecule has 1 rings (SSSR count). The lowest BCUT2D eigenvalue weighted by atomic mass is 10.0. The Morgan fingerprint density at radius 3 is 2.43 bits per heavy atom. The van der Waals surface area contributed by atoms with Crippen LogP contribution in [0.3, 0.4) is 0 Å². The first-order valence-electron chi connectivity index (χ1n) is 5.73. The van der Waals surface area contributed by atoms with Gasteiger partial charge in [-0.1, -0.05) is 0 Å². The molecule has 0 heterocycles. The minimum absolute atomic E-state index is 0.144. The van der Waals surface area contributed by atoms with Crippen LogP contribution in [0.1, 0.15) is 17.3 Å². The fourth-order valence-corrected chi connectivity index (χ4v) is 2.52. The molecule has 0 radical (unpaired) electrons. The molecule has 0 atom stereocenters. The highest BCUT2D eigenvalue weighted by atomic mass is 32.2. The van der Waals surface area contributed by atoms with Crippen molar-refractivity contribution in [3.63, 3.8) is 0 Å². The maximum absolute atomic E-state index is 13.7. The predicted molar refractivity (Wildman–Crippen MR) is 69.6 cm³/mol. The summed E-state index contributed by atoms with van der Waals surface area (Å²) in [4.78, 5) is 21.8. The first-order chi connectivity index (χ1) is 9.73. The van der Waals surface area contributed by atoms with E-state index in [0.29, 0.717) is 12.3 Å². The summed E-state index contributed by atoms with van der Waals surface area (Å²) in [6.45, 7) is 1.77. The normalized spacial score (nSPS) is 12.1. The Kier molecular flexibility index (Phi) is 5.31. The highest BCUT2D eigenvalue weighted by Gasteiger charge is 2.27. The number of Topliss-reactive ketones (excluding diaryl/α,β-unsaturated/α-hetero) is 1. The number of hydrogen-bond acceptors (Lipinski definition) is 5. The first kappa shape index (κ1) is 17.0. The third-order valence-electron chi connectivity index (χ3n) is 2.43. The lowest BCUT2D eigenvalue weighted by Crippen LogP contribution is -2.14. The Balaban J connectivity index is 3.54. The van der Waals surface area contributed by atoms with Crippen LogP contribution < -0.4 is 0 Å². The third-order valence-corrected chi connectivity index (χ3v) is 3.57. The Hall–Kier alpha value is -2.09. The number of aldehydes is 1. The van der Waals surface area contributed by atoms with Crippen molar-refractivity contribution in [2.75, 3.05) is 12.9 Å². The molecule has 0 amide bonds. The number of sulfone groups is 1. The average Bonchev–Trinajstić information content (AvgIpc) is 2.40. The largest absolute Gasteiger partial charge is 0.501 e. The predicted octanol–water partition coefficient (Wildman–Crippen LogP) is 1.67. The van der Waals surface area contributed by atoms with E-state index in [0.717, 1.165) is 12.3 Å². The summed E-state index contributed by atoms with van der Waals surface area (Å²) >= 11 is 0. The Labute approximate surface area is 120 Å². The van der Waals surface area contributed by atoms with Gasteiger partial charge in [-0.05, 0) is 19.1 Å². The Morgan fingerprint density at radius 2 is 1.95 bits per heavy atom. The van der Waals surface area contributed by atoms with E-state index in [1.165, 1.54) is 0 Å². The highest BCUT2D eigenvalue weighted by Crippen LogP contribution is 2.24. The van der Waals surface area contributed by atoms with Gasteiger partial charge in [0.05, 0.1) is 18.4 Å². The van der Waals surface area contributed by atoms with Crippen LogP contribution in [0.25, 0.3) is 0 Å². The maximum Gasteiger partial charge on any atom is 0.200 e. The number of ether oxygens (including phenoxy) is 1. The molecule has 0 fully saturated rings. The molecule has 8 heteroatoms. The molecular formula is C13H12F2O5S. The van der Waals surface area contributed by atoms with E-state index in [4.69, 9.17) is 4.74 Å². The molecule has 0 aliphatic heterocycles. The van der Waals surface area contributed by atoms with Crippen LogP contribution in [0.5, 0.6) is 0 Å². The van der Waals surface area contributed by atoms with Gasteiger partial charge in [0.15, 0.2) is 27.8 Å². The van der Waals surface area contributed by atoms with Crippen LogP contribution in [0.15, 0.2) is 28.9 Å². The van der Waals surface area contributed by atoms with Crippen LogP contribution in [0.4, 0.5) is 8.78 Å². The molecule has 0 spiro atoms. The molecule has 114 valence electrons. The zero-order chi connectivity index (χ0) is 16.2. The van der Waals surface area contributed by atoms with Crippen molar-refractivity contribution in [3.05, 3.63) is 41.2 Å². The fraction of sp³-hybridized carbons (Fsp3) is 0.231. The Bertz CT molecular complexity index is 708. The number of carbonyl (C=O) groups excluding carboxylic acids is 2. The SMILES string of the molecule is CCOC=C(C=O)C(=O)c1ccc(F)c(F)c1S(C)(=O)=O. The third kappa shape index (κ3) is 3.72. The van der Waals surface area contributed by atoms with Crippen molar-refractivity contribution >= 4 is 21.9 Å². The van der Waals surface area contributed by atoms with Crippen LogP contribution >= 0.6 is 0 Å². The Morgan fingerprint density at radius 1 is 1.33 bits per heavy atom. The van der Waals surface area contributed by atoms with Gasteiger partial charge in [-0.25, -0.2) is 17.2 Å². The van der Waals surface area contributed by atoms with Crippen molar-refractivity contribution in [1.82, 2.24) is 0 Å². The summed E-state index contributed by atoms with van der Waals surface area (Å²) in [6, 6.07) is 1.42. The van der Waals surface area contributed by atoms with E-state index in [1.54, 1.807) is 6.92 Å². The van der Waals surface area contributed by atoms with Gasteiger partial charge in [0.1, 0.15) is 4.90 Å². The highest BCUT2D eigenvalue weighted by molar-refractivity contribution is 7.90. The van der Waals surface area contributed by atoms with E-state index >= 15 is 0 Å². The molecule has 1 aromatic rings. The van der Waals surface area contributed by atoms with Gasteiger partial charge < -0.3 is 4.74 Å². The van der Waals surface area contributed by atoms with Crippen molar-refractivity contribution in [2.45, 2.75) is 11.8 Å². The number of allylic oxidation sites excluding steroid dienone is 1. The van der Waals surface area contributed by atoms with Gasteiger partial charge in [-0.2, -0.15) is 0 Å². The molecule has 0 bridgehead atoms. The van der Waals surface area contributed by atoms with Gasteiger partial charge in [0.2, 0.25) is 5.78 Å². The minimum Gasteiger partial charge on any atom is -0.501 e. The van der Waals surface area contributed by atoms with Crippen molar-refractivity contribution in [3.8, 4) is 0 Å². The number of benzene rings is 1. The molecule has 0 aromatic heterocycles. The maximum atomic E-state index is 13.7. The first-order valence-corrected chi connectivity index (χ1v) is 7.62. The number of rotatable bonds is 6. The van der Waals surface area contributed by atoms with Crippen molar-refractivity contribution in [2.24, 2.45) is 0 Å². The lowest BCUT2D eigenvalue weighted by molar-refractivity contribution is -0.104. The summed E-state index contributed by atoms with van der Waals surface area (Å²) in [7, 11) is -4.21. The van der Waals surface area contributed by atoms with E-state index in [1.807, 2.05) is 0 Å². The van der Waals surface area contributed by atoms with E-state index in [2.05, 4.69) is 0 Å². The molecule has 0 N–H and O–H groups in total. The molecule has 5 nitrogen and oxygen atoms in total. The topological polar surface area (TPSA) is 77.5 Å². The second kappa shape index (κ2) is 6.57. The van der Waals surface area contributed by atoms with E-state index in [9.17, 15) is 26.8 Å². The van der Waals surface area contributed by atoms with Crippen LogP contribution in [-0.4, -0.2) is 33.3 Å². The molecule has 0 saturated heterocycles. The second-order valence-corrected chi connectivity index (χ2v) is 5.94. The van der Waals surface area contributed by atoms with Crippen LogP contribution in [-0.2, 0) is 19.4 Å². The van der Waals surface area contributed by atoms with Gasteiger partial charge in [0.25, 0.3) is 0 Å². The van der Waals surface area contributed by atoms with E-state index < -0.39 is 43.3 Å². The number of ketones is 1. The monoisotopic (exact) mass is 318 g/mol. The zero-order valence-electron chi connectivity index (χ0n) is 11.2. The molecule has 1 aromatic carbocycles. The smallest absolute Gasteiger partial charge is 0.200 e. The van der Waals surface area contributed by atoms with Gasteiger partial charge in [-0.3, -0.25) is 9.59 Å². The molecular weight excluding hydrogens is 306 g/mol. The number of halogens is 2. The average molecular weight is 318 g/mol. The number of hydrogen-bond donors (Lipinski definition) is 0. The van der Waals surface area contributed by atoms with Gasteiger partial charge in [0, 0.05) is 11.8 Å². The number of carbonyl (C=O) groups is 2. The molecule has 21 heavy (non-hydrogen) atoms. The second-order valence-electron chi connectivity index (χ2n) is 3.99. The quantitative estimate of drug-likeness (QED) is 0.199. The summed E-state index contributed by atoms with van der Waals surface area (Å²) in [5.41, 5.74) is -1.14.